The van der Waals surface area contributed by atoms with Crippen LogP contribution in [-0.4, -0.2) is 7.11 Å². The summed E-state index contributed by atoms with van der Waals surface area (Å²) >= 11 is 0. The minimum absolute atomic E-state index is 0.925. The molecule has 0 amide bonds. The number of allylic oxidation sites excluding steroid dienone is 1. The van der Waals surface area contributed by atoms with Gasteiger partial charge >= 0.3 is 0 Å². The van der Waals surface area contributed by atoms with Gasteiger partial charge in [-0.15, -0.1) is 0 Å². The van der Waals surface area contributed by atoms with Crippen LogP contribution in [0.3, 0.4) is 0 Å². The summed E-state index contributed by atoms with van der Waals surface area (Å²) in [6.07, 6.45) is 3.27. The average Bonchev–Trinajstić information content (AvgIpc) is 2.82. The maximum atomic E-state index is 5.25. The molecule has 1 aliphatic rings. The highest BCUT2D eigenvalue weighted by Crippen LogP contribution is 2.33. The molecule has 2 aromatic rings. The zero-order chi connectivity index (χ0) is 11.7. The Labute approximate surface area is 101 Å². The third-order valence-corrected chi connectivity index (χ3v) is 3.21. The van der Waals surface area contributed by atoms with Crippen LogP contribution >= 0.6 is 0 Å². The molecule has 0 saturated heterocycles. The van der Waals surface area contributed by atoms with E-state index in [1.807, 2.05) is 6.07 Å². The summed E-state index contributed by atoms with van der Waals surface area (Å²) in [6, 6.07) is 16.8. The summed E-state index contributed by atoms with van der Waals surface area (Å²) in [5.41, 5.74) is 5.35. The van der Waals surface area contributed by atoms with Gasteiger partial charge in [0.25, 0.3) is 0 Å². The third kappa shape index (κ3) is 1.84. The molecule has 0 saturated carbocycles. The maximum absolute atomic E-state index is 5.25. The van der Waals surface area contributed by atoms with Crippen LogP contribution in [0.1, 0.15) is 16.7 Å². The van der Waals surface area contributed by atoms with Crippen molar-refractivity contribution in [1.29, 1.82) is 0 Å². The van der Waals surface area contributed by atoms with Crippen molar-refractivity contribution < 1.29 is 4.74 Å². The van der Waals surface area contributed by atoms with Gasteiger partial charge in [0.2, 0.25) is 0 Å². The largest absolute Gasteiger partial charge is 0.497 e. The van der Waals surface area contributed by atoms with Crippen LogP contribution in [0, 0.1) is 0 Å². The Morgan fingerprint density at radius 1 is 1.00 bits per heavy atom. The first-order chi connectivity index (χ1) is 8.36. The van der Waals surface area contributed by atoms with Crippen molar-refractivity contribution >= 4 is 11.6 Å². The lowest BCUT2D eigenvalue weighted by atomic mass is 10.0. The van der Waals surface area contributed by atoms with Crippen molar-refractivity contribution in [3.05, 3.63) is 65.2 Å². The normalized spacial score (nSPS) is 13.1. The summed E-state index contributed by atoms with van der Waals surface area (Å²) in [6.45, 7) is 0. The molecule has 0 fully saturated rings. The van der Waals surface area contributed by atoms with Crippen molar-refractivity contribution in [2.45, 2.75) is 6.42 Å². The first kappa shape index (κ1) is 10.2. The maximum Gasteiger partial charge on any atom is 0.119 e. The molecule has 84 valence electrons. The summed E-state index contributed by atoms with van der Waals surface area (Å²) in [7, 11) is 1.71. The Balaban J connectivity index is 1.98. The van der Waals surface area contributed by atoms with Crippen molar-refractivity contribution in [3.8, 4) is 5.75 Å². The topological polar surface area (TPSA) is 9.23 Å². The highest BCUT2D eigenvalue weighted by molar-refractivity contribution is 5.88. The van der Waals surface area contributed by atoms with E-state index in [1.54, 1.807) is 7.11 Å². The van der Waals surface area contributed by atoms with Gasteiger partial charge in [0, 0.05) is 0 Å². The van der Waals surface area contributed by atoms with E-state index < -0.39 is 0 Å². The molecule has 0 aromatic heterocycles. The lowest BCUT2D eigenvalue weighted by Crippen LogP contribution is -1.87. The quantitative estimate of drug-likeness (QED) is 0.751. The van der Waals surface area contributed by atoms with Crippen LogP contribution in [0.5, 0.6) is 5.75 Å². The van der Waals surface area contributed by atoms with E-state index in [-0.39, 0.29) is 0 Å². The molecule has 1 heteroatoms. The fourth-order valence-corrected chi connectivity index (χ4v) is 2.28. The lowest BCUT2D eigenvalue weighted by molar-refractivity contribution is 0.414. The third-order valence-electron chi connectivity index (χ3n) is 3.21. The van der Waals surface area contributed by atoms with Crippen LogP contribution in [0.25, 0.3) is 11.6 Å². The Morgan fingerprint density at radius 2 is 1.82 bits per heavy atom. The summed E-state index contributed by atoms with van der Waals surface area (Å²) < 4.78 is 5.25. The van der Waals surface area contributed by atoms with Gasteiger partial charge < -0.3 is 4.74 Å². The molecule has 0 spiro atoms. The number of rotatable bonds is 2. The molecule has 0 aliphatic heterocycles. The molecule has 0 radical (unpaired) electrons. The van der Waals surface area contributed by atoms with E-state index in [0.29, 0.717) is 0 Å². The molecule has 1 nitrogen and oxygen atoms in total. The molecule has 17 heavy (non-hydrogen) atoms. The minimum Gasteiger partial charge on any atom is -0.497 e. The summed E-state index contributed by atoms with van der Waals surface area (Å²) in [4.78, 5) is 0. The molecule has 0 bridgehead atoms. The number of benzene rings is 2. The summed E-state index contributed by atoms with van der Waals surface area (Å²) in [5.74, 6) is 0.925. The second-order valence-corrected chi connectivity index (χ2v) is 4.28. The van der Waals surface area contributed by atoms with E-state index in [2.05, 4.69) is 48.5 Å². The fourth-order valence-electron chi connectivity index (χ4n) is 2.28. The number of ether oxygens (including phenoxy) is 1. The van der Waals surface area contributed by atoms with E-state index in [9.17, 15) is 0 Å². The Kier molecular flexibility index (Phi) is 2.45. The van der Waals surface area contributed by atoms with Crippen LogP contribution in [-0.2, 0) is 6.42 Å². The standard InChI is InChI=1S/C16H14O/c1-17-16-8-7-13-9-14(10-15(13)11-16)12-5-3-2-4-6-12/h2-8,10-11H,9H2,1H3. The van der Waals surface area contributed by atoms with Crippen LogP contribution in [0.15, 0.2) is 48.5 Å². The zero-order valence-electron chi connectivity index (χ0n) is 9.81. The van der Waals surface area contributed by atoms with Gasteiger partial charge in [0.05, 0.1) is 7.11 Å². The predicted molar refractivity (Wildman–Crippen MR) is 71.0 cm³/mol. The van der Waals surface area contributed by atoms with Gasteiger partial charge in [0.15, 0.2) is 0 Å². The molecule has 1 aliphatic carbocycles. The van der Waals surface area contributed by atoms with Gasteiger partial charge in [-0.1, -0.05) is 42.5 Å². The molecular weight excluding hydrogens is 208 g/mol. The highest BCUT2D eigenvalue weighted by Gasteiger charge is 2.14. The predicted octanol–water partition coefficient (Wildman–Crippen LogP) is 3.79. The second-order valence-electron chi connectivity index (χ2n) is 4.28. The van der Waals surface area contributed by atoms with Crippen molar-refractivity contribution in [1.82, 2.24) is 0 Å². The van der Waals surface area contributed by atoms with Crippen LogP contribution < -0.4 is 4.74 Å². The fraction of sp³-hybridized carbons (Fsp3) is 0.125. The number of fused-ring (bicyclic) bond motifs is 1. The second kappa shape index (κ2) is 4.10. The van der Waals surface area contributed by atoms with Crippen molar-refractivity contribution in [2.75, 3.05) is 7.11 Å². The van der Waals surface area contributed by atoms with Gasteiger partial charge in [-0.2, -0.15) is 0 Å². The van der Waals surface area contributed by atoms with E-state index >= 15 is 0 Å². The Bertz CT molecular complexity index is 567. The molecule has 3 rings (SSSR count). The molecule has 0 atom stereocenters. The molecule has 0 unspecified atom stereocenters. The minimum atomic E-state index is 0.925. The monoisotopic (exact) mass is 222 g/mol. The lowest BCUT2D eigenvalue weighted by Gasteiger charge is -2.03. The number of hydrogen-bond acceptors (Lipinski definition) is 1. The van der Waals surface area contributed by atoms with E-state index in [4.69, 9.17) is 4.74 Å². The zero-order valence-corrected chi connectivity index (χ0v) is 9.81. The number of hydrogen-bond donors (Lipinski definition) is 0. The molecule has 2 aromatic carbocycles. The van der Waals surface area contributed by atoms with E-state index in [1.165, 1.54) is 22.3 Å². The smallest absolute Gasteiger partial charge is 0.119 e. The molecule has 0 heterocycles. The van der Waals surface area contributed by atoms with Gasteiger partial charge in [-0.05, 0) is 40.8 Å². The SMILES string of the molecule is COc1ccc2c(c1)C=C(c1ccccc1)C2. The average molecular weight is 222 g/mol. The molecule has 0 N–H and O–H groups in total. The van der Waals surface area contributed by atoms with Gasteiger partial charge in [-0.25, -0.2) is 0 Å². The van der Waals surface area contributed by atoms with E-state index in [0.717, 1.165) is 12.2 Å². The number of methoxy groups -OCH3 is 1. The van der Waals surface area contributed by atoms with Gasteiger partial charge in [0.1, 0.15) is 5.75 Å². The first-order valence-corrected chi connectivity index (χ1v) is 5.80. The van der Waals surface area contributed by atoms with Crippen molar-refractivity contribution in [3.63, 3.8) is 0 Å². The Hall–Kier alpha value is -2.02. The molecular formula is C16H14O. The summed E-state index contributed by atoms with van der Waals surface area (Å²) in [5, 5.41) is 0. The van der Waals surface area contributed by atoms with Gasteiger partial charge in [-0.3, -0.25) is 0 Å². The van der Waals surface area contributed by atoms with Crippen molar-refractivity contribution in [2.24, 2.45) is 0 Å². The van der Waals surface area contributed by atoms with Crippen LogP contribution in [0.2, 0.25) is 0 Å². The Morgan fingerprint density at radius 3 is 2.59 bits per heavy atom. The highest BCUT2D eigenvalue weighted by atomic mass is 16.5. The first-order valence-electron chi connectivity index (χ1n) is 5.80. The van der Waals surface area contributed by atoms with Crippen LogP contribution in [0.4, 0.5) is 0 Å².